The first-order valence-electron chi connectivity index (χ1n) is 6.02. The molecule has 2 heterocycles. The Hall–Kier alpha value is -2.42. The van der Waals surface area contributed by atoms with Crippen LogP contribution < -0.4 is 0 Å². The number of pyridine rings is 1. The second-order valence-corrected chi connectivity index (χ2v) is 4.56. The van der Waals surface area contributed by atoms with Crippen molar-refractivity contribution in [1.29, 1.82) is 0 Å². The number of halogens is 1. The molecule has 0 saturated carbocycles. The van der Waals surface area contributed by atoms with Crippen LogP contribution in [-0.2, 0) is 0 Å². The van der Waals surface area contributed by atoms with Crippen LogP contribution in [0.4, 0.5) is 4.39 Å². The monoisotopic (exact) mass is 253 g/mol. The van der Waals surface area contributed by atoms with E-state index in [0.29, 0.717) is 11.3 Å². The minimum atomic E-state index is -0.207. The Morgan fingerprint density at radius 3 is 2.68 bits per heavy atom. The predicted molar refractivity (Wildman–Crippen MR) is 72.9 cm³/mol. The smallest absolute Gasteiger partial charge is 0.166 e. The van der Waals surface area contributed by atoms with E-state index < -0.39 is 0 Å². The van der Waals surface area contributed by atoms with E-state index in [1.807, 2.05) is 34.9 Å². The van der Waals surface area contributed by atoms with Crippen molar-refractivity contribution in [2.75, 3.05) is 0 Å². The van der Waals surface area contributed by atoms with Crippen LogP contribution in [-0.4, -0.2) is 10.7 Å². The summed E-state index contributed by atoms with van der Waals surface area (Å²) in [6, 6.07) is 12.6. The molecule has 2 aromatic heterocycles. The van der Waals surface area contributed by atoms with Crippen molar-refractivity contribution in [2.24, 2.45) is 0 Å². The molecule has 0 spiro atoms. The fourth-order valence-electron chi connectivity index (χ4n) is 2.24. The summed E-state index contributed by atoms with van der Waals surface area (Å²) in [5, 5.41) is 0. The molecule has 0 amide bonds. The van der Waals surface area contributed by atoms with E-state index in [1.54, 1.807) is 19.1 Å². The quantitative estimate of drug-likeness (QED) is 0.635. The molecule has 0 saturated heterocycles. The van der Waals surface area contributed by atoms with E-state index in [2.05, 4.69) is 0 Å². The van der Waals surface area contributed by atoms with Crippen LogP contribution in [0, 0.1) is 12.7 Å². The van der Waals surface area contributed by atoms with Gasteiger partial charge in [0.25, 0.3) is 0 Å². The molecule has 0 radical (unpaired) electrons. The van der Waals surface area contributed by atoms with E-state index in [4.69, 9.17) is 0 Å². The van der Waals surface area contributed by atoms with Crippen LogP contribution in [0.2, 0.25) is 0 Å². The number of fused-ring (bicyclic) bond motifs is 1. The summed E-state index contributed by atoms with van der Waals surface area (Å²) in [5.41, 5.74) is 4.07. The first-order valence-corrected chi connectivity index (χ1v) is 6.02. The van der Waals surface area contributed by atoms with Gasteiger partial charge in [-0.2, -0.15) is 0 Å². The van der Waals surface area contributed by atoms with Crippen molar-refractivity contribution < 1.29 is 9.18 Å². The van der Waals surface area contributed by atoms with Gasteiger partial charge >= 0.3 is 0 Å². The second kappa shape index (κ2) is 4.35. The lowest BCUT2D eigenvalue weighted by Crippen LogP contribution is -1.91. The molecular formula is C16H12FNO. The molecule has 3 aromatic rings. The largest absolute Gasteiger partial charge is 0.314 e. The predicted octanol–water partition coefficient (Wildman–Crippen LogP) is 3.87. The number of carbonyl (C=O) groups excluding carboxylic acids is 1. The van der Waals surface area contributed by atoms with Gasteiger partial charge in [0.05, 0.1) is 5.69 Å². The van der Waals surface area contributed by atoms with E-state index in [-0.39, 0.29) is 5.82 Å². The molecule has 3 heteroatoms. The summed E-state index contributed by atoms with van der Waals surface area (Å²) in [6.45, 7) is 1.74. The van der Waals surface area contributed by atoms with Crippen molar-refractivity contribution in [3.63, 3.8) is 0 Å². The van der Waals surface area contributed by atoms with Crippen LogP contribution in [0.1, 0.15) is 16.1 Å². The Bertz CT molecular complexity index is 774. The summed E-state index contributed by atoms with van der Waals surface area (Å²) in [6.07, 6.45) is 2.72. The maximum absolute atomic E-state index is 13.3. The summed E-state index contributed by atoms with van der Waals surface area (Å²) >= 11 is 0. The summed E-state index contributed by atoms with van der Waals surface area (Å²) < 4.78 is 15.1. The zero-order valence-corrected chi connectivity index (χ0v) is 10.4. The van der Waals surface area contributed by atoms with E-state index in [0.717, 1.165) is 22.9 Å². The summed E-state index contributed by atoms with van der Waals surface area (Å²) in [7, 11) is 0. The fraction of sp³-hybridized carbons (Fsp3) is 0.0625. The second-order valence-electron chi connectivity index (χ2n) is 4.56. The molecule has 0 atom stereocenters. The lowest BCUT2D eigenvalue weighted by molar-refractivity contribution is 0.111. The van der Waals surface area contributed by atoms with Gasteiger partial charge in [0, 0.05) is 17.3 Å². The lowest BCUT2D eigenvalue weighted by Gasteiger charge is -2.00. The summed E-state index contributed by atoms with van der Waals surface area (Å²) in [5.74, 6) is -0.207. The number of rotatable bonds is 2. The van der Waals surface area contributed by atoms with Gasteiger partial charge in [0.2, 0.25) is 0 Å². The number of benzene rings is 1. The highest BCUT2D eigenvalue weighted by atomic mass is 19.1. The van der Waals surface area contributed by atoms with Crippen LogP contribution >= 0.6 is 0 Å². The maximum Gasteiger partial charge on any atom is 0.166 e. The first kappa shape index (κ1) is 11.7. The van der Waals surface area contributed by atoms with E-state index in [9.17, 15) is 9.18 Å². The third-order valence-electron chi connectivity index (χ3n) is 3.27. The topological polar surface area (TPSA) is 21.5 Å². The average Bonchev–Trinajstić information content (AvgIpc) is 2.85. The van der Waals surface area contributed by atoms with Gasteiger partial charge in [-0.15, -0.1) is 0 Å². The van der Waals surface area contributed by atoms with Crippen LogP contribution in [0.15, 0.2) is 48.7 Å². The highest BCUT2D eigenvalue weighted by Crippen LogP contribution is 2.25. The Balaban J connectivity index is 2.20. The van der Waals surface area contributed by atoms with Crippen molar-refractivity contribution in [2.45, 2.75) is 6.92 Å². The highest BCUT2D eigenvalue weighted by molar-refractivity contribution is 5.78. The number of carbonyl (C=O) groups is 1. The SMILES string of the molecule is Cc1cc(-c2cc3cccc(C=O)n3c2)ccc1F. The Labute approximate surface area is 110 Å². The molecule has 2 nitrogen and oxygen atoms in total. The Kier molecular flexibility index (Phi) is 2.67. The number of aldehydes is 1. The minimum absolute atomic E-state index is 0.207. The number of nitrogens with zero attached hydrogens (tertiary/aromatic N) is 1. The minimum Gasteiger partial charge on any atom is -0.314 e. The zero-order chi connectivity index (χ0) is 13.4. The maximum atomic E-state index is 13.3. The molecule has 0 aliphatic rings. The van der Waals surface area contributed by atoms with E-state index in [1.165, 1.54) is 6.07 Å². The normalized spacial score (nSPS) is 10.8. The molecule has 3 rings (SSSR count). The van der Waals surface area contributed by atoms with Gasteiger partial charge in [-0.3, -0.25) is 4.79 Å². The molecule has 1 aromatic carbocycles. The van der Waals surface area contributed by atoms with Crippen molar-refractivity contribution in [1.82, 2.24) is 4.40 Å². The van der Waals surface area contributed by atoms with Crippen LogP contribution in [0.5, 0.6) is 0 Å². The molecular weight excluding hydrogens is 241 g/mol. The van der Waals surface area contributed by atoms with Crippen LogP contribution in [0.25, 0.3) is 16.6 Å². The summed E-state index contributed by atoms with van der Waals surface area (Å²) in [4.78, 5) is 11.0. The molecule has 0 bridgehead atoms. The molecule has 19 heavy (non-hydrogen) atoms. The van der Waals surface area contributed by atoms with Gasteiger partial charge in [0.1, 0.15) is 5.82 Å². The Morgan fingerprint density at radius 1 is 1.11 bits per heavy atom. The van der Waals surface area contributed by atoms with Crippen LogP contribution in [0.3, 0.4) is 0 Å². The zero-order valence-electron chi connectivity index (χ0n) is 10.4. The first-order chi connectivity index (χ1) is 9.19. The lowest BCUT2D eigenvalue weighted by atomic mass is 10.1. The number of aryl methyl sites for hydroxylation is 1. The number of aromatic nitrogens is 1. The fourth-order valence-corrected chi connectivity index (χ4v) is 2.24. The third kappa shape index (κ3) is 1.93. The van der Waals surface area contributed by atoms with Gasteiger partial charge in [0.15, 0.2) is 6.29 Å². The van der Waals surface area contributed by atoms with Crippen molar-refractivity contribution in [3.05, 3.63) is 65.7 Å². The molecule has 0 N–H and O–H groups in total. The van der Waals surface area contributed by atoms with Crippen molar-refractivity contribution in [3.8, 4) is 11.1 Å². The average molecular weight is 253 g/mol. The molecule has 0 unspecified atom stereocenters. The molecule has 0 aliphatic carbocycles. The van der Waals surface area contributed by atoms with Gasteiger partial charge in [-0.25, -0.2) is 4.39 Å². The third-order valence-corrected chi connectivity index (χ3v) is 3.27. The van der Waals surface area contributed by atoms with Gasteiger partial charge in [-0.05, 0) is 48.4 Å². The standard InChI is InChI=1S/C16H12FNO/c1-11-7-12(5-6-16(11)17)13-8-14-3-2-4-15(10-19)18(14)9-13/h2-10H,1H3. The highest BCUT2D eigenvalue weighted by Gasteiger charge is 2.06. The Morgan fingerprint density at radius 2 is 1.95 bits per heavy atom. The van der Waals surface area contributed by atoms with Gasteiger partial charge < -0.3 is 4.40 Å². The number of hydrogen-bond donors (Lipinski definition) is 0. The molecule has 0 aliphatic heterocycles. The van der Waals surface area contributed by atoms with E-state index >= 15 is 0 Å². The van der Waals surface area contributed by atoms with Gasteiger partial charge in [-0.1, -0.05) is 12.1 Å². The molecule has 94 valence electrons. The molecule has 0 fully saturated rings. The van der Waals surface area contributed by atoms with Crippen molar-refractivity contribution >= 4 is 11.8 Å². The number of hydrogen-bond acceptors (Lipinski definition) is 1.